The summed E-state index contributed by atoms with van der Waals surface area (Å²) < 4.78 is 31.9. The summed E-state index contributed by atoms with van der Waals surface area (Å²) in [6, 6.07) is 9.31. The van der Waals surface area contributed by atoms with E-state index in [-0.39, 0.29) is 16.8 Å². The molecule has 0 fully saturated rings. The zero-order valence-electron chi connectivity index (χ0n) is 10.7. The van der Waals surface area contributed by atoms with Crippen molar-refractivity contribution in [2.45, 2.75) is 11.2 Å². The molecule has 21 heavy (non-hydrogen) atoms. The third-order valence-corrected chi connectivity index (χ3v) is 4.09. The Kier molecular flexibility index (Phi) is 3.63. The molecule has 3 nitrogen and oxygen atoms in total. The largest absolute Gasteiger partial charge is 0.417 e. The number of aromatic amines is 1. The fraction of sp³-hybridized carbons (Fsp3) is 0.133. The predicted octanol–water partition coefficient (Wildman–Crippen LogP) is 4.08. The number of hydrogen-bond acceptors (Lipinski definition) is 2. The highest BCUT2D eigenvalue weighted by Gasteiger charge is 2.15. The van der Waals surface area contributed by atoms with Crippen LogP contribution < -0.4 is 5.76 Å². The van der Waals surface area contributed by atoms with Crippen molar-refractivity contribution < 1.29 is 13.2 Å². The van der Waals surface area contributed by atoms with Crippen LogP contribution in [0, 0.1) is 11.6 Å². The number of alkyl halides is 1. The molecule has 1 heterocycles. The lowest BCUT2D eigenvalue weighted by molar-refractivity contribution is 0.498. The Balaban J connectivity index is 1.91. The van der Waals surface area contributed by atoms with E-state index in [2.05, 4.69) is 20.9 Å². The average molecular weight is 354 g/mol. The lowest BCUT2D eigenvalue weighted by Gasteiger charge is -2.11. The molecule has 0 saturated heterocycles. The van der Waals surface area contributed by atoms with E-state index in [0.717, 1.165) is 11.6 Å². The zero-order valence-corrected chi connectivity index (χ0v) is 12.3. The molecule has 108 valence electrons. The summed E-state index contributed by atoms with van der Waals surface area (Å²) in [7, 11) is 0. The van der Waals surface area contributed by atoms with Crippen molar-refractivity contribution in [1.29, 1.82) is 0 Å². The van der Waals surface area contributed by atoms with Gasteiger partial charge in [0.05, 0.1) is 5.52 Å². The molecule has 1 atom stereocenters. The smallest absolute Gasteiger partial charge is 0.408 e. The maximum absolute atomic E-state index is 13.7. The van der Waals surface area contributed by atoms with Gasteiger partial charge in [-0.25, -0.2) is 13.6 Å². The minimum Gasteiger partial charge on any atom is -0.408 e. The van der Waals surface area contributed by atoms with Gasteiger partial charge in [-0.2, -0.15) is 0 Å². The SMILES string of the molecule is O=c1[nH]c2ccc(C(Br)Cc3cccc(F)c3F)cc2o1. The van der Waals surface area contributed by atoms with Crippen molar-refractivity contribution in [2.75, 3.05) is 0 Å². The van der Waals surface area contributed by atoms with Gasteiger partial charge in [0, 0.05) is 4.83 Å². The maximum Gasteiger partial charge on any atom is 0.417 e. The van der Waals surface area contributed by atoms with E-state index < -0.39 is 17.4 Å². The molecule has 0 bridgehead atoms. The first kappa shape index (κ1) is 14.0. The number of oxazole rings is 1. The molecular weight excluding hydrogens is 344 g/mol. The van der Waals surface area contributed by atoms with E-state index in [0.29, 0.717) is 11.1 Å². The second-order valence-electron chi connectivity index (χ2n) is 4.65. The van der Waals surface area contributed by atoms with Crippen LogP contribution in [0.25, 0.3) is 11.1 Å². The quantitative estimate of drug-likeness (QED) is 0.721. The van der Waals surface area contributed by atoms with Crippen LogP contribution in [0.4, 0.5) is 8.78 Å². The van der Waals surface area contributed by atoms with Crippen LogP contribution in [-0.2, 0) is 6.42 Å². The minimum absolute atomic E-state index is 0.224. The van der Waals surface area contributed by atoms with Gasteiger partial charge in [-0.15, -0.1) is 0 Å². The summed E-state index contributed by atoms with van der Waals surface area (Å²) in [6.45, 7) is 0. The van der Waals surface area contributed by atoms with Crippen LogP contribution in [0.2, 0.25) is 0 Å². The number of rotatable bonds is 3. The fourth-order valence-electron chi connectivity index (χ4n) is 2.17. The van der Waals surface area contributed by atoms with Crippen LogP contribution >= 0.6 is 15.9 Å². The first-order valence-corrected chi connectivity index (χ1v) is 7.16. The molecule has 0 aliphatic rings. The van der Waals surface area contributed by atoms with Crippen LogP contribution in [0.3, 0.4) is 0 Å². The van der Waals surface area contributed by atoms with Gasteiger partial charge < -0.3 is 4.42 Å². The lowest BCUT2D eigenvalue weighted by Crippen LogP contribution is -2.00. The molecule has 0 aliphatic carbocycles. The van der Waals surface area contributed by atoms with Crippen LogP contribution in [-0.4, -0.2) is 4.98 Å². The van der Waals surface area contributed by atoms with E-state index in [9.17, 15) is 13.6 Å². The van der Waals surface area contributed by atoms with Gasteiger partial charge >= 0.3 is 5.76 Å². The van der Waals surface area contributed by atoms with E-state index in [1.807, 2.05) is 0 Å². The van der Waals surface area contributed by atoms with Crippen LogP contribution in [0.15, 0.2) is 45.6 Å². The second kappa shape index (κ2) is 5.44. The van der Waals surface area contributed by atoms with E-state index >= 15 is 0 Å². The zero-order chi connectivity index (χ0) is 15.0. The summed E-state index contributed by atoms with van der Waals surface area (Å²) in [5.41, 5.74) is 2.13. The third-order valence-electron chi connectivity index (χ3n) is 3.24. The summed E-state index contributed by atoms with van der Waals surface area (Å²) in [5.74, 6) is -2.22. The van der Waals surface area contributed by atoms with Gasteiger partial charge in [-0.3, -0.25) is 4.98 Å². The van der Waals surface area contributed by atoms with Crippen LogP contribution in [0.5, 0.6) is 0 Å². The molecular formula is C15H10BrF2NO2. The number of halogens is 3. The summed E-state index contributed by atoms with van der Waals surface area (Å²) >= 11 is 3.45. The molecule has 1 unspecified atom stereocenters. The van der Waals surface area contributed by atoms with Crippen molar-refractivity contribution in [1.82, 2.24) is 4.98 Å². The lowest BCUT2D eigenvalue weighted by atomic mass is 10.0. The third kappa shape index (κ3) is 2.76. The van der Waals surface area contributed by atoms with Gasteiger partial charge in [0.25, 0.3) is 0 Å². The Bertz CT molecular complexity index is 856. The first-order chi connectivity index (χ1) is 10.0. The maximum atomic E-state index is 13.7. The highest BCUT2D eigenvalue weighted by molar-refractivity contribution is 9.09. The number of nitrogens with one attached hydrogen (secondary N) is 1. The van der Waals surface area contributed by atoms with Crippen molar-refractivity contribution in [3.63, 3.8) is 0 Å². The molecule has 0 aliphatic heterocycles. The van der Waals surface area contributed by atoms with E-state index in [1.165, 1.54) is 6.07 Å². The van der Waals surface area contributed by atoms with Crippen molar-refractivity contribution >= 4 is 27.0 Å². The Morgan fingerprint density at radius 3 is 2.86 bits per heavy atom. The molecule has 0 radical (unpaired) electrons. The van der Waals surface area contributed by atoms with Crippen molar-refractivity contribution in [3.8, 4) is 0 Å². The highest BCUT2D eigenvalue weighted by atomic mass is 79.9. The monoisotopic (exact) mass is 353 g/mol. The van der Waals surface area contributed by atoms with Gasteiger partial charge in [-0.1, -0.05) is 34.1 Å². The highest BCUT2D eigenvalue weighted by Crippen LogP contribution is 2.30. The molecule has 3 rings (SSSR count). The molecule has 3 aromatic rings. The predicted molar refractivity (Wildman–Crippen MR) is 78.6 cm³/mol. The molecule has 1 N–H and O–H groups in total. The Hall–Kier alpha value is -1.95. The second-order valence-corrected chi connectivity index (χ2v) is 5.76. The average Bonchev–Trinajstić information content (AvgIpc) is 2.82. The van der Waals surface area contributed by atoms with Gasteiger partial charge in [0.1, 0.15) is 0 Å². The number of hydrogen-bond donors (Lipinski definition) is 1. The normalized spacial score (nSPS) is 12.7. The standard InChI is InChI=1S/C15H10BrF2NO2/c16-10(6-9-2-1-3-11(17)14(9)18)8-4-5-12-13(7-8)21-15(20)19-12/h1-5,7,10H,6H2,(H,19,20). The number of aromatic nitrogens is 1. The van der Waals surface area contributed by atoms with Crippen molar-refractivity contribution in [3.05, 3.63) is 69.7 Å². The summed E-state index contributed by atoms with van der Waals surface area (Å²) in [6.07, 6.45) is 0.282. The molecule has 2 aromatic carbocycles. The molecule has 6 heteroatoms. The molecule has 0 saturated carbocycles. The van der Waals surface area contributed by atoms with E-state index in [1.54, 1.807) is 24.3 Å². The van der Waals surface area contributed by atoms with Gasteiger partial charge in [0.2, 0.25) is 0 Å². The van der Waals surface area contributed by atoms with Gasteiger partial charge in [-0.05, 0) is 35.7 Å². The Morgan fingerprint density at radius 2 is 2.05 bits per heavy atom. The Labute approximate surface area is 126 Å². The summed E-state index contributed by atoms with van der Waals surface area (Å²) in [4.78, 5) is 13.4. The molecule has 1 aromatic heterocycles. The van der Waals surface area contributed by atoms with Gasteiger partial charge in [0.15, 0.2) is 17.2 Å². The number of benzene rings is 2. The fourth-order valence-corrected chi connectivity index (χ4v) is 2.81. The van der Waals surface area contributed by atoms with Crippen molar-refractivity contribution in [2.24, 2.45) is 0 Å². The number of fused-ring (bicyclic) bond motifs is 1. The first-order valence-electron chi connectivity index (χ1n) is 6.24. The Morgan fingerprint density at radius 1 is 1.24 bits per heavy atom. The van der Waals surface area contributed by atoms with Crippen LogP contribution in [0.1, 0.15) is 16.0 Å². The molecule has 0 amide bonds. The summed E-state index contributed by atoms with van der Waals surface area (Å²) in [5, 5.41) is 0. The van der Waals surface area contributed by atoms with E-state index in [4.69, 9.17) is 4.42 Å². The minimum atomic E-state index is -0.862. The topological polar surface area (TPSA) is 46.0 Å². The number of H-pyrrole nitrogens is 1. The molecule has 0 spiro atoms.